The van der Waals surface area contributed by atoms with E-state index in [4.69, 9.17) is 5.73 Å². The first kappa shape index (κ1) is 13.7. The number of carbonyl (C=O) groups excluding carboxylic acids is 1. The molecule has 19 heavy (non-hydrogen) atoms. The van der Waals surface area contributed by atoms with Crippen LogP contribution in [0, 0.1) is 5.41 Å². The number of aliphatic hydroxyl groups excluding tert-OH is 1. The van der Waals surface area contributed by atoms with Gasteiger partial charge < -0.3 is 16.2 Å². The molecule has 1 aromatic heterocycles. The lowest BCUT2D eigenvalue weighted by Gasteiger charge is -2.39. The summed E-state index contributed by atoms with van der Waals surface area (Å²) in [6, 6.07) is 0.0935. The highest BCUT2D eigenvalue weighted by Crippen LogP contribution is 2.36. The third-order valence-electron chi connectivity index (χ3n) is 3.87. The van der Waals surface area contributed by atoms with Gasteiger partial charge in [0, 0.05) is 12.2 Å². The Bertz CT molecular complexity index is 475. The zero-order valence-corrected chi connectivity index (χ0v) is 11.3. The van der Waals surface area contributed by atoms with Gasteiger partial charge >= 0.3 is 0 Å². The van der Waals surface area contributed by atoms with Crippen molar-refractivity contribution >= 4 is 11.7 Å². The molecule has 0 bridgehead atoms. The number of nitrogens with one attached hydrogen (secondary N) is 1. The zero-order chi connectivity index (χ0) is 14.0. The third kappa shape index (κ3) is 3.01. The number of anilines is 1. The Balaban J connectivity index is 2.09. The van der Waals surface area contributed by atoms with Gasteiger partial charge in [-0.2, -0.15) is 0 Å². The van der Waals surface area contributed by atoms with Crippen LogP contribution in [0.4, 0.5) is 5.82 Å². The molecule has 0 aliphatic heterocycles. The van der Waals surface area contributed by atoms with Gasteiger partial charge in [-0.1, -0.05) is 13.8 Å². The quantitative estimate of drug-likeness (QED) is 0.753. The lowest BCUT2D eigenvalue weighted by atomic mass is 9.73. The Morgan fingerprint density at radius 2 is 2.32 bits per heavy atom. The molecule has 1 fully saturated rings. The molecule has 2 atom stereocenters. The molecular formula is C13H20N4O2. The van der Waals surface area contributed by atoms with E-state index in [1.54, 1.807) is 0 Å². The van der Waals surface area contributed by atoms with Crippen molar-refractivity contribution < 1.29 is 9.90 Å². The Kier molecular flexibility index (Phi) is 3.71. The number of nitrogens with zero attached hydrogens (tertiary/aromatic N) is 2. The number of aliphatic hydroxyl groups is 1. The summed E-state index contributed by atoms with van der Waals surface area (Å²) < 4.78 is 0. The minimum absolute atomic E-state index is 0.0592. The number of carbonyl (C=O) groups is 1. The molecule has 0 radical (unpaired) electrons. The van der Waals surface area contributed by atoms with Crippen molar-refractivity contribution in [1.82, 2.24) is 9.97 Å². The predicted molar refractivity (Wildman–Crippen MR) is 71.6 cm³/mol. The molecule has 6 nitrogen and oxygen atoms in total. The predicted octanol–water partition coefficient (Wildman–Crippen LogP) is 0.927. The molecule has 0 aromatic carbocycles. The van der Waals surface area contributed by atoms with Crippen LogP contribution in [0.1, 0.15) is 43.5 Å². The van der Waals surface area contributed by atoms with E-state index in [2.05, 4.69) is 29.1 Å². The fourth-order valence-electron chi connectivity index (χ4n) is 2.37. The Morgan fingerprint density at radius 3 is 2.95 bits per heavy atom. The van der Waals surface area contributed by atoms with Gasteiger partial charge in [0.2, 0.25) is 0 Å². The number of amides is 1. The Morgan fingerprint density at radius 1 is 1.58 bits per heavy atom. The lowest BCUT2D eigenvalue weighted by molar-refractivity contribution is 0.00912. The standard InChI is InChI=1S/C13H20N4O2/c1-13(2)4-3-8(5-10(13)18)17-12-9(11(14)19)6-15-7-16-12/h6-8,10,18H,3-5H2,1-2H3,(H2,14,19)(H,15,16,17)/t8-,10-/m1/s1. The van der Waals surface area contributed by atoms with E-state index in [0.717, 1.165) is 12.8 Å². The molecule has 0 unspecified atom stereocenters. The second-order valence-corrected chi connectivity index (χ2v) is 5.77. The normalized spacial score (nSPS) is 25.8. The lowest BCUT2D eigenvalue weighted by Crippen LogP contribution is -2.41. The molecule has 1 saturated carbocycles. The van der Waals surface area contributed by atoms with Crippen molar-refractivity contribution in [2.45, 2.75) is 45.3 Å². The highest BCUT2D eigenvalue weighted by Gasteiger charge is 2.35. The van der Waals surface area contributed by atoms with Gasteiger partial charge in [0.25, 0.3) is 5.91 Å². The average molecular weight is 264 g/mol. The molecule has 0 saturated heterocycles. The van der Waals surface area contributed by atoms with Crippen LogP contribution in [0.25, 0.3) is 0 Å². The number of rotatable bonds is 3. The maximum atomic E-state index is 11.3. The smallest absolute Gasteiger partial charge is 0.254 e. The first-order valence-corrected chi connectivity index (χ1v) is 6.44. The van der Waals surface area contributed by atoms with Crippen LogP contribution < -0.4 is 11.1 Å². The van der Waals surface area contributed by atoms with E-state index in [-0.39, 0.29) is 23.1 Å². The summed E-state index contributed by atoms with van der Waals surface area (Å²) in [4.78, 5) is 19.1. The molecule has 1 amide bonds. The molecule has 0 spiro atoms. The van der Waals surface area contributed by atoms with Crippen molar-refractivity contribution in [3.8, 4) is 0 Å². The summed E-state index contributed by atoms with van der Waals surface area (Å²) in [5.41, 5.74) is 5.50. The Labute approximate surface area is 112 Å². The van der Waals surface area contributed by atoms with Crippen molar-refractivity contribution in [2.24, 2.45) is 11.1 Å². The molecule has 1 aliphatic rings. The highest BCUT2D eigenvalue weighted by molar-refractivity contribution is 5.97. The topological polar surface area (TPSA) is 101 Å². The molecule has 6 heteroatoms. The number of nitrogens with two attached hydrogens (primary N) is 1. The number of hydrogen-bond acceptors (Lipinski definition) is 5. The highest BCUT2D eigenvalue weighted by atomic mass is 16.3. The maximum Gasteiger partial charge on any atom is 0.254 e. The minimum atomic E-state index is -0.556. The van der Waals surface area contributed by atoms with Gasteiger partial charge in [0.15, 0.2) is 0 Å². The minimum Gasteiger partial charge on any atom is -0.392 e. The van der Waals surface area contributed by atoms with Crippen LogP contribution in [-0.2, 0) is 0 Å². The van der Waals surface area contributed by atoms with Gasteiger partial charge in [-0.3, -0.25) is 4.79 Å². The number of primary amides is 1. The third-order valence-corrected chi connectivity index (χ3v) is 3.87. The summed E-state index contributed by atoms with van der Waals surface area (Å²) >= 11 is 0. The fourth-order valence-corrected chi connectivity index (χ4v) is 2.37. The van der Waals surface area contributed by atoms with Crippen molar-refractivity contribution in [3.05, 3.63) is 18.1 Å². The molecule has 2 rings (SSSR count). The van der Waals surface area contributed by atoms with Gasteiger partial charge in [0.05, 0.1) is 11.7 Å². The number of hydrogen-bond donors (Lipinski definition) is 3. The van der Waals surface area contributed by atoms with Crippen molar-refractivity contribution in [1.29, 1.82) is 0 Å². The zero-order valence-electron chi connectivity index (χ0n) is 11.3. The first-order chi connectivity index (χ1) is 8.90. The van der Waals surface area contributed by atoms with Gasteiger partial charge in [-0.25, -0.2) is 9.97 Å². The largest absolute Gasteiger partial charge is 0.392 e. The Hall–Kier alpha value is -1.69. The summed E-state index contributed by atoms with van der Waals surface area (Å²) in [5.74, 6) is -0.112. The van der Waals surface area contributed by atoms with E-state index in [0.29, 0.717) is 12.2 Å². The summed E-state index contributed by atoms with van der Waals surface area (Å²) in [5, 5.41) is 13.3. The van der Waals surface area contributed by atoms with E-state index < -0.39 is 5.91 Å². The van der Waals surface area contributed by atoms with E-state index in [9.17, 15) is 9.90 Å². The summed E-state index contributed by atoms with van der Waals surface area (Å²) in [6.07, 6.45) is 4.89. The molecule has 1 aliphatic carbocycles. The molecule has 4 N–H and O–H groups in total. The fraction of sp³-hybridized carbons (Fsp3) is 0.615. The molecule has 1 heterocycles. The first-order valence-electron chi connectivity index (χ1n) is 6.44. The van der Waals surface area contributed by atoms with Crippen LogP contribution in [-0.4, -0.2) is 33.1 Å². The summed E-state index contributed by atoms with van der Waals surface area (Å²) in [6.45, 7) is 4.13. The van der Waals surface area contributed by atoms with Crippen molar-refractivity contribution in [2.75, 3.05) is 5.32 Å². The van der Waals surface area contributed by atoms with Gasteiger partial charge in [-0.15, -0.1) is 0 Å². The second kappa shape index (κ2) is 5.13. The van der Waals surface area contributed by atoms with E-state index in [1.165, 1.54) is 12.5 Å². The van der Waals surface area contributed by atoms with Crippen LogP contribution in [0.3, 0.4) is 0 Å². The van der Waals surface area contributed by atoms with Crippen LogP contribution in [0.2, 0.25) is 0 Å². The van der Waals surface area contributed by atoms with Gasteiger partial charge in [-0.05, 0) is 24.7 Å². The van der Waals surface area contributed by atoms with Crippen LogP contribution >= 0.6 is 0 Å². The maximum absolute atomic E-state index is 11.3. The SMILES string of the molecule is CC1(C)CC[C@@H](Nc2ncncc2C(N)=O)C[C@H]1O. The van der Waals surface area contributed by atoms with Gasteiger partial charge in [0.1, 0.15) is 12.1 Å². The monoisotopic (exact) mass is 264 g/mol. The van der Waals surface area contributed by atoms with Crippen LogP contribution in [0.5, 0.6) is 0 Å². The number of aromatic nitrogens is 2. The molecule has 1 aromatic rings. The molecular weight excluding hydrogens is 244 g/mol. The van der Waals surface area contributed by atoms with Crippen molar-refractivity contribution in [3.63, 3.8) is 0 Å². The van der Waals surface area contributed by atoms with E-state index in [1.807, 2.05) is 0 Å². The van der Waals surface area contributed by atoms with Crippen LogP contribution in [0.15, 0.2) is 12.5 Å². The van der Waals surface area contributed by atoms with E-state index >= 15 is 0 Å². The average Bonchev–Trinajstić information content (AvgIpc) is 2.35. The second-order valence-electron chi connectivity index (χ2n) is 5.77. The summed E-state index contributed by atoms with van der Waals surface area (Å²) in [7, 11) is 0. The molecule has 104 valence electrons.